The van der Waals surface area contributed by atoms with Crippen molar-refractivity contribution in [2.24, 2.45) is 0 Å². The van der Waals surface area contributed by atoms with Crippen LogP contribution in [-0.2, 0) is 4.79 Å². The molecule has 0 bridgehead atoms. The Morgan fingerprint density at radius 1 is 1.04 bits per heavy atom. The van der Waals surface area contributed by atoms with Crippen LogP contribution in [0.5, 0.6) is 11.5 Å². The highest BCUT2D eigenvalue weighted by Crippen LogP contribution is 2.18. The Morgan fingerprint density at radius 3 is 2.22 bits per heavy atom. The first-order chi connectivity index (χ1) is 11.1. The Hall–Kier alpha value is -2.01. The van der Waals surface area contributed by atoms with Crippen LogP contribution < -0.4 is 14.8 Å². The van der Waals surface area contributed by atoms with Crippen LogP contribution in [0.25, 0.3) is 0 Å². The zero-order valence-electron chi connectivity index (χ0n) is 13.2. The number of hydrogen-bond donors (Lipinski definition) is 1. The molecule has 0 unspecified atom stereocenters. The minimum atomic E-state index is -0.158. The highest BCUT2D eigenvalue weighted by molar-refractivity contribution is 9.10. The van der Waals surface area contributed by atoms with E-state index in [1.165, 1.54) is 0 Å². The van der Waals surface area contributed by atoms with E-state index in [1.807, 2.05) is 62.4 Å². The molecular formula is C18H20BrNO3. The van der Waals surface area contributed by atoms with E-state index in [-0.39, 0.29) is 18.6 Å². The largest absolute Gasteiger partial charge is 0.494 e. The Kier molecular flexibility index (Phi) is 6.47. The minimum absolute atomic E-state index is 0.0109. The summed E-state index contributed by atoms with van der Waals surface area (Å²) in [5.41, 5.74) is 1.02. The molecule has 0 aliphatic rings. The van der Waals surface area contributed by atoms with Crippen LogP contribution in [0.15, 0.2) is 53.0 Å². The third-order valence-electron chi connectivity index (χ3n) is 3.25. The fraction of sp³-hybridized carbons (Fsp3) is 0.278. The number of carbonyl (C=O) groups excluding carboxylic acids is 1. The van der Waals surface area contributed by atoms with Gasteiger partial charge in [-0.15, -0.1) is 0 Å². The maximum absolute atomic E-state index is 12.0. The van der Waals surface area contributed by atoms with Gasteiger partial charge in [-0.25, -0.2) is 0 Å². The van der Waals surface area contributed by atoms with Crippen molar-refractivity contribution in [1.29, 1.82) is 0 Å². The summed E-state index contributed by atoms with van der Waals surface area (Å²) in [6.45, 7) is 4.51. The molecule has 0 heterocycles. The number of ether oxygens (including phenoxy) is 2. The zero-order chi connectivity index (χ0) is 16.7. The van der Waals surface area contributed by atoms with Gasteiger partial charge in [0.05, 0.1) is 12.6 Å². The molecule has 0 radical (unpaired) electrons. The molecule has 0 aromatic heterocycles. The Balaban J connectivity index is 1.82. The first kappa shape index (κ1) is 17.3. The number of hydrogen-bond acceptors (Lipinski definition) is 3. The van der Waals surface area contributed by atoms with Gasteiger partial charge in [-0.2, -0.15) is 0 Å². The van der Waals surface area contributed by atoms with Crippen molar-refractivity contribution < 1.29 is 14.3 Å². The van der Waals surface area contributed by atoms with Crippen LogP contribution in [0, 0.1) is 0 Å². The smallest absolute Gasteiger partial charge is 0.258 e. The summed E-state index contributed by atoms with van der Waals surface area (Å²) >= 11 is 3.36. The maximum atomic E-state index is 12.0. The second-order valence-electron chi connectivity index (χ2n) is 5.03. The van der Waals surface area contributed by atoms with Gasteiger partial charge in [0, 0.05) is 4.47 Å². The van der Waals surface area contributed by atoms with Crippen molar-refractivity contribution in [2.75, 3.05) is 13.2 Å². The third-order valence-corrected chi connectivity index (χ3v) is 3.78. The molecule has 2 aromatic rings. The fourth-order valence-corrected chi connectivity index (χ4v) is 2.33. The van der Waals surface area contributed by atoms with E-state index < -0.39 is 0 Å². The molecule has 122 valence electrons. The van der Waals surface area contributed by atoms with Gasteiger partial charge in [0.2, 0.25) is 0 Å². The molecule has 0 aliphatic carbocycles. The highest BCUT2D eigenvalue weighted by Gasteiger charge is 2.10. The number of amides is 1. The van der Waals surface area contributed by atoms with Gasteiger partial charge in [-0.3, -0.25) is 4.79 Å². The topological polar surface area (TPSA) is 47.6 Å². The Bertz CT molecular complexity index is 626. The summed E-state index contributed by atoms with van der Waals surface area (Å²) < 4.78 is 11.8. The van der Waals surface area contributed by atoms with E-state index in [0.717, 1.165) is 15.8 Å². The molecule has 5 heteroatoms. The molecule has 2 rings (SSSR count). The van der Waals surface area contributed by atoms with E-state index >= 15 is 0 Å². The Morgan fingerprint density at radius 2 is 1.61 bits per heavy atom. The quantitative estimate of drug-likeness (QED) is 0.789. The van der Waals surface area contributed by atoms with E-state index in [1.54, 1.807) is 0 Å². The summed E-state index contributed by atoms with van der Waals surface area (Å²) in [5, 5.41) is 2.92. The summed E-state index contributed by atoms with van der Waals surface area (Å²) in [7, 11) is 0. The molecule has 4 nitrogen and oxygen atoms in total. The molecule has 1 amide bonds. The minimum Gasteiger partial charge on any atom is -0.494 e. The standard InChI is InChI=1S/C18H20BrNO3/c1-3-22-16-8-4-14(5-9-16)13(2)20-18(21)12-23-17-10-6-15(19)7-11-17/h4-11,13H,3,12H2,1-2H3,(H,20,21)/t13-/m1/s1. The lowest BCUT2D eigenvalue weighted by molar-refractivity contribution is -0.123. The number of rotatable bonds is 7. The number of carbonyl (C=O) groups is 1. The molecule has 0 aliphatic heterocycles. The van der Waals surface area contributed by atoms with Crippen molar-refractivity contribution in [1.82, 2.24) is 5.32 Å². The van der Waals surface area contributed by atoms with E-state index in [0.29, 0.717) is 12.4 Å². The maximum Gasteiger partial charge on any atom is 0.258 e. The molecule has 1 N–H and O–H groups in total. The lowest BCUT2D eigenvalue weighted by Gasteiger charge is -2.15. The first-order valence-electron chi connectivity index (χ1n) is 7.49. The van der Waals surface area contributed by atoms with Gasteiger partial charge < -0.3 is 14.8 Å². The Labute approximate surface area is 144 Å². The van der Waals surface area contributed by atoms with Crippen LogP contribution in [0.1, 0.15) is 25.5 Å². The van der Waals surface area contributed by atoms with E-state index in [9.17, 15) is 4.79 Å². The van der Waals surface area contributed by atoms with Crippen molar-refractivity contribution in [3.63, 3.8) is 0 Å². The third kappa shape index (κ3) is 5.60. The van der Waals surface area contributed by atoms with Crippen LogP contribution in [0.3, 0.4) is 0 Å². The number of benzene rings is 2. The van der Waals surface area contributed by atoms with Crippen LogP contribution in [0.4, 0.5) is 0 Å². The fourth-order valence-electron chi connectivity index (χ4n) is 2.07. The van der Waals surface area contributed by atoms with Gasteiger partial charge in [0.25, 0.3) is 5.91 Å². The average molecular weight is 378 g/mol. The van der Waals surface area contributed by atoms with Gasteiger partial charge >= 0.3 is 0 Å². The van der Waals surface area contributed by atoms with Gasteiger partial charge in [-0.05, 0) is 55.8 Å². The van der Waals surface area contributed by atoms with Gasteiger partial charge in [0.15, 0.2) is 6.61 Å². The zero-order valence-corrected chi connectivity index (χ0v) is 14.8. The normalized spacial score (nSPS) is 11.6. The predicted molar refractivity (Wildman–Crippen MR) is 93.8 cm³/mol. The molecule has 1 atom stereocenters. The molecular weight excluding hydrogens is 358 g/mol. The number of halogens is 1. The van der Waals surface area contributed by atoms with Crippen LogP contribution in [-0.4, -0.2) is 19.1 Å². The summed E-state index contributed by atoms with van der Waals surface area (Å²) in [4.78, 5) is 12.0. The average Bonchev–Trinajstić information content (AvgIpc) is 2.55. The van der Waals surface area contributed by atoms with Crippen molar-refractivity contribution in [2.45, 2.75) is 19.9 Å². The van der Waals surface area contributed by atoms with Crippen LogP contribution >= 0.6 is 15.9 Å². The monoisotopic (exact) mass is 377 g/mol. The van der Waals surface area contributed by atoms with Gasteiger partial charge in [-0.1, -0.05) is 28.1 Å². The SMILES string of the molecule is CCOc1ccc([C@@H](C)NC(=O)COc2ccc(Br)cc2)cc1. The molecule has 2 aromatic carbocycles. The van der Waals surface area contributed by atoms with Crippen molar-refractivity contribution in [3.8, 4) is 11.5 Å². The van der Waals surface area contributed by atoms with Gasteiger partial charge in [0.1, 0.15) is 11.5 Å². The lowest BCUT2D eigenvalue weighted by Crippen LogP contribution is -2.31. The predicted octanol–water partition coefficient (Wildman–Crippen LogP) is 4.10. The van der Waals surface area contributed by atoms with E-state index in [4.69, 9.17) is 9.47 Å². The van der Waals surface area contributed by atoms with E-state index in [2.05, 4.69) is 21.2 Å². The molecule has 0 fully saturated rings. The van der Waals surface area contributed by atoms with Crippen molar-refractivity contribution in [3.05, 3.63) is 58.6 Å². The molecule has 0 saturated carbocycles. The second kappa shape index (κ2) is 8.58. The van der Waals surface area contributed by atoms with Crippen molar-refractivity contribution >= 4 is 21.8 Å². The van der Waals surface area contributed by atoms with Crippen LogP contribution in [0.2, 0.25) is 0 Å². The number of nitrogens with one attached hydrogen (secondary N) is 1. The molecule has 0 spiro atoms. The summed E-state index contributed by atoms with van der Waals surface area (Å²) in [6.07, 6.45) is 0. The highest BCUT2D eigenvalue weighted by atomic mass is 79.9. The second-order valence-corrected chi connectivity index (χ2v) is 5.95. The molecule has 23 heavy (non-hydrogen) atoms. The molecule has 0 saturated heterocycles. The first-order valence-corrected chi connectivity index (χ1v) is 8.28. The summed E-state index contributed by atoms with van der Waals surface area (Å²) in [6, 6.07) is 15.0. The lowest BCUT2D eigenvalue weighted by atomic mass is 10.1. The summed E-state index contributed by atoms with van der Waals surface area (Å²) in [5.74, 6) is 1.33.